The van der Waals surface area contributed by atoms with Crippen LogP contribution < -0.4 is 5.32 Å². The second-order valence-corrected chi connectivity index (χ2v) is 7.72. The third-order valence-corrected chi connectivity index (χ3v) is 5.76. The number of pyridine rings is 1. The number of carbonyl (C=O) groups is 1. The van der Waals surface area contributed by atoms with Crippen LogP contribution in [0.15, 0.2) is 47.5 Å². The molecule has 1 aromatic carbocycles. The van der Waals surface area contributed by atoms with Crippen LogP contribution in [0, 0.1) is 0 Å². The van der Waals surface area contributed by atoms with E-state index >= 15 is 0 Å². The van der Waals surface area contributed by atoms with E-state index in [0.29, 0.717) is 17.1 Å². The third-order valence-electron chi connectivity index (χ3n) is 4.71. The fourth-order valence-corrected chi connectivity index (χ4v) is 3.93. The van der Waals surface area contributed by atoms with Gasteiger partial charge in [0.05, 0.1) is 22.8 Å². The van der Waals surface area contributed by atoms with Crippen molar-refractivity contribution in [1.82, 2.24) is 15.2 Å². The first-order valence-corrected chi connectivity index (χ1v) is 10.5. The number of halogens is 1. The van der Waals surface area contributed by atoms with E-state index in [1.165, 1.54) is 0 Å². The van der Waals surface area contributed by atoms with E-state index < -0.39 is 0 Å². The SMILES string of the molecule is CSc1ccc(Cl)c(C(=O)N(Cc2ccccn2)C2CCCNCC2)c1. The van der Waals surface area contributed by atoms with Crippen molar-refractivity contribution in [2.24, 2.45) is 0 Å². The fraction of sp³-hybridized carbons (Fsp3) is 0.400. The van der Waals surface area contributed by atoms with Gasteiger partial charge < -0.3 is 10.2 Å². The van der Waals surface area contributed by atoms with Gasteiger partial charge >= 0.3 is 0 Å². The molecule has 6 heteroatoms. The molecule has 3 rings (SSSR count). The summed E-state index contributed by atoms with van der Waals surface area (Å²) in [4.78, 5) is 20.9. The first kappa shape index (κ1) is 19.2. The second kappa shape index (κ2) is 9.40. The number of hydrogen-bond donors (Lipinski definition) is 1. The molecule has 2 heterocycles. The maximum absolute atomic E-state index is 13.4. The van der Waals surface area contributed by atoms with Crippen molar-refractivity contribution in [2.45, 2.75) is 36.7 Å². The van der Waals surface area contributed by atoms with Crippen molar-refractivity contribution in [1.29, 1.82) is 0 Å². The molecule has 1 aromatic heterocycles. The number of benzene rings is 1. The van der Waals surface area contributed by atoms with Crippen LogP contribution >= 0.6 is 23.4 Å². The largest absolute Gasteiger partial charge is 0.330 e. The van der Waals surface area contributed by atoms with E-state index in [9.17, 15) is 4.79 Å². The van der Waals surface area contributed by atoms with E-state index in [4.69, 9.17) is 11.6 Å². The Labute approximate surface area is 164 Å². The van der Waals surface area contributed by atoms with Gasteiger partial charge in [-0.3, -0.25) is 9.78 Å². The average molecular weight is 390 g/mol. The Bertz CT molecular complexity index is 733. The number of rotatable bonds is 5. The molecule has 1 amide bonds. The zero-order valence-corrected chi connectivity index (χ0v) is 16.5. The fourth-order valence-electron chi connectivity index (χ4n) is 3.30. The Kier molecular flexibility index (Phi) is 6.94. The minimum Gasteiger partial charge on any atom is -0.330 e. The zero-order valence-electron chi connectivity index (χ0n) is 15.0. The summed E-state index contributed by atoms with van der Waals surface area (Å²) >= 11 is 7.99. The summed E-state index contributed by atoms with van der Waals surface area (Å²) in [5.74, 6) is -0.0107. The zero-order chi connectivity index (χ0) is 18.4. The number of nitrogens with one attached hydrogen (secondary N) is 1. The lowest BCUT2D eigenvalue weighted by Crippen LogP contribution is -2.40. The summed E-state index contributed by atoms with van der Waals surface area (Å²) in [6, 6.07) is 11.7. The van der Waals surface area contributed by atoms with Gasteiger partial charge in [-0.15, -0.1) is 11.8 Å². The number of hydrogen-bond acceptors (Lipinski definition) is 4. The first-order chi connectivity index (χ1) is 12.7. The van der Waals surface area contributed by atoms with Crippen molar-refractivity contribution in [3.8, 4) is 0 Å². The highest BCUT2D eigenvalue weighted by Crippen LogP contribution is 2.27. The van der Waals surface area contributed by atoms with Crippen LogP contribution in [0.5, 0.6) is 0 Å². The van der Waals surface area contributed by atoms with Crippen molar-refractivity contribution < 1.29 is 4.79 Å². The standard InChI is InChI=1S/C20H24ClN3OS/c1-26-17-7-8-19(21)18(13-17)20(25)24(14-15-5-2-3-11-23-15)16-6-4-10-22-12-9-16/h2-3,5,7-8,11,13,16,22H,4,6,9-10,12,14H2,1H3. The van der Waals surface area contributed by atoms with Crippen LogP contribution in [-0.2, 0) is 6.54 Å². The minimum atomic E-state index is -0.0107. The number of thioether (sulfide) groups is 1. The molecule has 0 spiro atoms. The summed E-state index contributed by atoms with van der Waals surface area (Å²) in [6.07, 6.45) is 6.77. The summed E-state index contributed by atoms with van der Waals surface area (Å²) in [7, 11) is 0. The Morgan fingerprint density at radius 2 is 2.19 bits per heavy atom. The van der Waals surface area contributed by atoms with Gasteiger partial charge in [0.15, 0.2) is 0 Å². The van der Waals surface area contributed by atoms with Gasteiger partial charge in [-0.1, -0.05) is 17.7 Å². The molecule has 1 aliphatic rings. The molecule has 1 unspecified atom stereocenters. The predicted octanol–water partition coefficient (Wildman–Crippen LogP) is 4.24. The molecule has 138 valence electrons. The molecule has 0 bridgehead atoms. The Morgan fingerprint density at radius 3 is 2.96 bits per heavy atom. The van der Waals surface area contributed by atoms with Crippen LogP contribution in [0.25, 0.3) is 0 Å². The van der Waals surface area contributed by atoms with Crippen LogP contribution in [-0.4, -0.2) is 41.2 Å². The molecule has 1 aliphatic heterocycles. The van der Waals surface area contributed by atoms with Crippen molar-refractivity contribution in [3.05, 3.63) is 58.9 Å². The van der Waals surface area contributed by atoms with Crippen LogP contribution in [0.2, 0.25) is 5.02 Å². The third kappa shape index (κ3) is 4.78. The molecule has 2 aromatic rings. The molecule has 1 fully saturated rings. The van der Waals surface area contributed by atoms with Gasteiger partial charge in [0.1, 0.15) is 0 Å². The van der Waals surface area contributed by atoms with Crippen LogP contribution in [0.3, 0.4) is 0 Å². The molecular weight excluding hydrogens is 366 g/mol. The Hall–Kier alpha value is -1.56. The molecule has 1 atom stereocenters. The van der Waals surface area contributed by atoms with Crippen molar-refractivity contribution >= 4 is 29.3 Å². The monoisotopic (exact) mass is 389 g/mol. The van der Waals surface area contributed by atoms with Gasteiger partial charge in [-0.2, -0.15) is 0 Å². The smallest absolute Gasteiger partial charge is 0.256 e. The highest BCUT2D eigenvalue weighted by molar-refractivity contribution is 7.98. The van der Waals surface area contributed by atoms with Crippen LogP contribution in [0.4, 0.5) is 0 Å². The molecular formula is C20H24ClN3OS. The lowest BCUT2D eigenvalue weighted by atomic mass is 10.0. The van der Waals surface area contributed by atoms with Gasteiger partial charge in [0.2, 0.25) is 0 Å². The normalized spacial score (nSPS) is 17.5. The van der Waals surface area contributed by atoms with Crippen molar-refractivity contribution in [3.63, 3.8) is 0 Å². The van der Waals surface area contributed by atoms with Gasteiger partial charge in [0, 0.05) is 17.1 Å². The Balaban J connectivity index is 1.92. The van der Waals surface area contributed by atoms with E-state index in [2.05, 4.69) is 10.3 Å². The maximum atomic E-state index is 13.4. The molecule has 1 saturated heterocycles. The lowest BCUT2D eigenvalue weighted by Gasteiger charge is -2.31. The first-order valence-electron chi connectivity index (χ1n) is 8.94. The molecule has 0 radical (unpaired) electrons. The number of nitrogens with zero attached hydrogens (tertiary/aromatic N) is 2. The number of carbonyl (C=O) groups excluding carboxylic acids is 1. The average Bonchev–Trinajstić information content (AvgIpc) is 2.96. The highest BCUT2D eigenvalue weighted by atomic mass is 35.5. The van der Waals surface area contributed by atoms with Gasteiger partial charge in [-0.25, -0.2) is 0 Å². The number of aromatic nitrogens is 1. The van der Waals surface area contributed by atoms with Crippen LogP contribution in [0.1, 0.15) is 35.3 Å². The summed E-state index contributed by atoms with van der Waals surface area (Å²) in [5.41, 5.74) is 1.47. The van der Waals surface area contributed by atoms with E-state index in [1.807, 2.05) is 47.6 Å². The summed E-state index contributed by atoms with van der Waals surface area (Å²) in [6.45, 7) is 2.43. The Morgan fingerprint density at radius 1 is 1.31 bits per heavy atom. The van der Waals surface area contributed by atoms with E-state index in [0.717, 1.165) is 42.9 Å². The van der Waals surface area contributed by atoms with E-state index in [1.54, 1.807) is 18.0 Å². The number of amides is 1. The molecule has 1 N–H and O–H groups in total. The summed E-state index contributed by atoms with van der Waals surface area (Å²) < 4.78 is 0. The van der Waals surface area contributed by atoms with E-state index in [-0.39, 0.29) is 11.9 Å². The lowest BCUT2D eigenvalue weighted by molar-refractivity contribution is 0.0642. The second-order valence-electron chi connectivity index (χ2n) is 6.43. The quantitative estimate of drug-likeness (QED) is 0.777. The van der Waals surface area contributed by atoms with Gasteiger partial charge in [-0.05, 0) is 68.9 Å². The predicted molar refractivity (Wildman–Crippen MR) is 108 cm³/mol. The molecule has 4 nitrogen and oxygen atoms in total. The minimum absolute atomic E-state index is 0.0107. The topological polar surface area (TPSA) is 45.2 Å². The molecule has 26 heavy (non-hydrogen) atoms. The summed E-state index contributed by atoms with van der Waals surface area (Å²) in [5, 5.41) is 3.93. The van der Waals surface area contributed by atoms with Gasteiger partial charge in [0.25, 0.3) is 5.91 Å². The van der Waals surface area contributed by atoms with Crippen molar-refractivity contribution in [2.75, 3.05) is 19.3 Å². The highest BCUT2D eigenvalue weighted by Gasteiger charge is 2.27. The maximum Gasteiger partial charge on any atom is 0.256 e. The molecule has 0 aliphatic carbocycles. The molecule has 0 saturated carbocycles.